The number of nitrogens with zero attached hydrogens (tertiary/aromatic N) is 3. The number of nitrogens with two attached hydrogens (primary N) is 1. The zero-order valence-corrected chi connectivity index (χ0v) is 31.7. The normalized spacial score (nSPS) is 21.5. The van der Waals surface area contributed by atoms with Gasteiger partial charge in [-0.3, -0.25) is 29.0 Å². The fraction of sp³-hybridized carbons (Fsp3) is 0.421. The molecule has 3 amide bonds. The first kappa shape index (κ1) is 41.0. The number of methoxy groups -OCH3 is 1. The predicted molar refractivity (Wildman–Crippen MR) is 198 cm³/mol. The lowest BCUT2D eigenvalue weighted by Gasteiger charge is -2.50. The van der Waals surface area contributed by atoms with E-state index in [1.807, 2.05) is 0 Å². The van der Waals surface area contributed by atoms with Crippen molar-refractivity contribution in [3.8, 4) is 11.5 Å². The van der Waals surface area contributed by atoms with Gasteiger partial charge in [0.15, 0.2) is 17.1 Å². The zero-order chi connectivity index (χ0) is 41.4. The molecule has 18 heteroatoms. The van der Waals surface area contributed by atoms with Crippen LogP contribution >= 0.6 is 0 Å². The third-order valence-electron chi connectivity index (χ3n) is 10.2. The van der Waals surface area contributed by atoms with Gasteiger partial charge < -0.3 is 50.6 Å². The number of fused-ring (bicyclic) bond motifs is 3. The van der Waals surface area contributed by atoms with Gasteiger partial charge in [-0.05, 0) is 75.2 Å². The Labute approximate surface area is 321 Å². The Kier molecular flexibility index (Phi) is 11.7. The number of Topliss-reactive ketones (excluding diaryl/α,β-unsaturated/α-hetero) is 2. The molecule has 0 fully saturated rings. The molecule has 0 aliphatic heterocycles. The Balaban J connectivity index is 1.40. The maximum atomic E-state index is 14.3. The van der Waals surface area contributed by atoms with Gasteiger partial charge >= 0.3 is 12.1 Å². The van der Waals surface area contributed by atoms with Gasteiger partial charge in [-0.15, -0.1) is 0 Å². The number of carbonyl (C=O) groups excluding carboxylic acids is 6. The van der Waals surface area contributed by atoms with Gasteiger partial charge in [0, 0.05) is 37.8 Å². The first-order valence-corrected chi connectivity index (χ1v) is 17.6. The van der Waals surface area contributed by atoms with E-state index in [0.29, 0.717) is 23.4 Å². The van der Waals surface area contributed by atoms with Crippen LogP contribution in [0.15, 0.2) is 53.0 Å². The van der Waals surface area contributed by atoms with Crippen LogP contribution in [0, 0.1) is 11.8 Å². The number of ether oxygens (including phenoxy) is 3. The minimum absolute atomic E-state index is 0.0307. The van der Waals surface area contributed by atoms with E-state index in [4.69, 9.17) is 19.9 Å². The molecule has 300 valence electrons. The number of benzene rings is 2. The fourth-order valence-electron chi connectivity index (χ4n) is 7.70. The number of esters is 1. The second-order valence-corrected chi connectivity index (χ2v) is 14.2. The number of allylic oxidation sites excluding steroid dienone is 1. The molecule has 0 radical (unpaired) electrons. The molecular weight excluding hydrogens is 734 g/mol. The lowest BCUT2D eigenvalue weighted by Crippen LogP contribution is -2.63. The Hall–Kier alpha value is -6.14. The van der Waals surface area contributed by atoms with E-state index < -0.39 is 95.1 Å². The van der Waals surface area contributed by atoms with E-state index in [-0.39, 0.29) is 41.8 Å². The average molecular weight is 780 g/mol. The SMILES string of the molecule is CCCN(CC(=O)Nc1cc(N(C)C)c2c(c1O)C(=O)C1=C(O)[C@]3(O)C(=O)C(C(N)=O)=C(O)[C@@H](N(C)C)[C@@H]3C[C@@H]1C2)C(=O)OCOC(=O)c1ccc(OC)cc1. The lowest BCUT2D eigenvalue weighted by molar-refractivity contribution is -0.148. The minimum atomic E-state index is -2.82. The highest BCUT2D eigenvalue weighted by Crippen LogP contribution is 2.54. The highest BCUT2D eigenvalue weighted by Gasteiger charge is 2.63. The van der Waals surface area contributed by atoms with Gasteiger partial charge in [0.05, 0.1) is 30.0 Å². The Morgan fingerprint density at radius 1 is 1.02 bits per heavy atom. The van der Waals surface area contributed by atoms with E-state index >= 15 is 0 Å². The number of anilines is 2. The van der Waals surface area contributed by atoms with Crippen LogP contribution in [0.3, 0.4) is 0 Å². The van der Waals surface area contributed by atoms with Gasteiger partial charge in [0.2, 0.25) is 18.5 Å². The van der Waals surface area contributed by atoms with Crippen molar-refractivity contribution in [2.45, 2.75) is 37.8 Å². The molecule has 2 aromatic rings. The van der Waals surface area contributed by atoms with Crippen molar-refractivity contribution >= 4 is 46.8 Å². The molecule has 0 saturated carbocycles. The maximum Gasteiger partial charge on any atom is 0.413 e. The monoisotopic (exact) mass is 779 g/mol. The summed E-state index contributed by atoms with van der Waals surface area (Å²) in [7, 11) is 7.89. The molecule has 0 aromatic heterocycles. The van der Waals surface area contributed by atoms with Crippen LogP contribution in [0.2, 0.25) is 0 Å². The second kappa shape index (κ2) is 15.9. The number of carbonyl (C=O) groups is 6. The molecule has 3 aliphatic carbocycles. The average Bonchev–Trinajstić information content (AvgIpc) is 3.13. The number of rotatable bonds is 12. The molecule has 0 unspecified atom stereocenters. The number of nitrogens with one attached hydrogen (secondary N) is 1. The second-order valence-electron chi connectivity index (χ2n) is 14.2. The van der Waals surface area contributed by atoms with Crippen molar-refractivity contribution in [2.75, 3.05) is 65.4 Å². The number of phenolic OH excluding ortho intramolecular Hbond substituents is 1. The molecule has 5 rings (SSSR count). The predicted octanol–water partition coefficient (Wildman–Crippen LogP) is 1.80. The van der Waals surface area contributed by atoms with Gasteiger partial charge in [-0.2, -0.15) is 0 Å². The smallest absolute Gasteiger partial charge is 0.413 e. The van der Waals surface area contributed by atoms with Crippen LogP contribution in [0.25, 0.3) is 0 Å². The van der Waals surface area contributed by atoms with Crippen LogP contribution in [-0.4, -0.2) is 132 Å². The van der Waals surface area contributed by atoms with Crippen molar-refractivity contribution < 1.29 is 63.4 Å². The number of aromatic hydroxyl groups is 1. The van der Waals surface area contributed by atoms with E-state index in [1.165, 1.54) is 44.3 Å². The number of likely N-dealkylation sites (N-methyl/N-ethyl adjacent to an activating group) is 1. The lowest BCUT2D eigenvalue weighted by atomic mass is 9.58. The summed E-state index contributed by atoms with van der Waals surface area (Å²) in [6, 6.07) is 6.35. The third-order valence-corrected chi connectivity index (χ3v) is 10.2. The number of primary amides is 1. The van der Waals surface area contributed by atoms with Crippen LogP contribution in [0.1, 0.15) is 46.0 Å². The topological polar surface area (TPSA) is 259 Å². The Morgan fingerprint density at radius 3 is 2.25 bits per heavy atom. The van der Waals surface area contributed by atoms with Crippen LogP contribution in [-0.2, 0) is 30.3 Å². The third kappa shape index (κ3) is 7.19. The highest BCUT2D eigenvalue weighted by atomic mass is 16.7. The molecule has 56 heavy (non-hydrogen) atoms. The number of hydrogen-bond acceptors (Lipinski definition) is 15. The molecule has 0 saturated heterocycles. The molecular formula is C38H45N5O13. The summed E-state index contributed by atoms with van der Waals surface area (Å²) in [4.78, 5) is 83.0. The summed E-state index contributed by atoms with van der Waals surface area (Å²) < 4.78 is 15.2. The highest BCUT2D eigenvalue weighted by molar-refractivity contribution is 6.25. The van der Waals surface area contributed by atoms with E-state index in [1.54, 1.807) is 38.1 Å². The standard InChI is InChI=1S/C38H45N5O13/c1-7-12-43(37(52)56-17-55-36(51)18-8-10-20(54-6)11-9-18)16-25(44)40-23-15-24(41(2)3)21-13-19-14-22-29(42(4)5)32(47)28(35(39)50)34(49)38(22,53)33(48)26(19)31(46)27(21)30(23)45/h8-11,15,19,22,29,45,47-48,53H,7,12-14,16-17H2,1-6H3,(H2,39,50)(H,40,44)/t19-,22-,29-,38-/m0/s1. The maximum absolute atomic E-state index is 14.3. The van der Waals surface area contributed by atoms with E-state index in [9.17, 15) is 49.2 Å². The van der Waals surface area contributed by atoms with Crippen molar-refractivity contribution in [1.29, 1.82) is 0 Å². The first-order chi connectivity index (χ1) is 26.4. The van der Waals surface area contributed by atoms with Gasteiger partial charge in [0.1, 0.15) is 29.4 Å². The van der Waals surface area contributed by atoms with Gasteiger partial charge in [0.25, 0.3) is 5.91 Å². The first-order valence-electron chi connectivity index (χ1n) is 17.6. The summed E-state index contributed by atoms with van der Waals surface area (Å²) in [5, 5.41) is 48.6. The summed E-state index contributed by atoms with van der Waals surface area (Å²) in [6.07, 6.45) is -0.620. The van der Waals surface area contributed by atoms with Crippen molar-refractivity contribution in [2.24, 2.45) is 17.6 Å². The number of phenols is 1. The molecule has 0 heterocycles. The van der Waals surface area contributed by atoms with E-state index in [2.05, 4.69) is 5.32 Å². The van der Waals surface area contributed by atoms with Crippen molar-refractivity contribution in [3.05, 3.63) is 69.7 Å². The summed E-state index contributed by atoms with van der Waals surface area (Å²) in [5.41, 5.74) is 1.73. The summed E-state index contributed by atoms with van der Waals surface area (Å²) in [5.74, 6) is -9.04. The number of aliphatic hydroxyl groups excluding tert-OH is 2. The summed E-state index contributed by atoms with van der Waals surface area (Å²) in [6.45, 7) is 0.504. The van der Waals surface area contributed by atoms with Crippen LogP contribution < -0.4 is 20.7 Å². The minimum Gasteiger partial charge on any atom is -0.510 e. The Bertz CT molecular complexity index is 2040. The quantitative estimate of drug-likeness (QED) is 0.0777. The van der Waals surface area contributed by atoms with Crippen LogP contribution in [0.5, 0.6) is 11.5 Å². The molecule has 4 atom stereocenters. The molecule has 7 N–H and O–H groups in total. The summed E-state index contributed by atoms with van der Waals surface area (Å²) >= 11 is 0. The number of ketones is 2. The largest absolute Gasteiger partial charge is 0.510 e. The molecule has 18 nitrogen and oxygen atoms in total. The van der Waals surface area contributed by atoms with Crippen molar-refractivity contribution in [3.63, 3.8) is 0 Å². The van der Waals surface area contributed by atoms with Crippen molar-refractivity contribution in [1.82, 2.24) is 9.80 Å². The number of amides is 3. The molecule has 2 aromatic carbocycles. The Morgan fingerprint density at radius 2 is 1.68 bits per heavy atom. The molecule has 3 aliphatic rings. The number of hydrogen-bond donors (Lipinski definition) is 6. The number of aliphatic hydroxyl groups is 3. The van der Waals surface area contributed by atoms with Gasteiger partial charge in [-0.1, -0.05) is 6.92 Å². The van der Waals surface area contributed by atoms with E-state index in [0.717, 1.165) is 4.90 Å². The van der Waals surface area contributed by atoms with Crippen LogP contribution in [0.4, 0.5) is 16.2 Å². The van der Waals surface area contributed by atoms with Gasteiger partial charge in [-0.25, -0.2) is 9.59 Å². The molecule has 0 spiro atoms. The zero-order valence-electron chi connectivity index (χ0n) is 31.7. The fourth-order valence-corrected chi connectivity index (χ4v) is 7.70. The molecule has 0 bridgehead atoms.